The fraction of sp³-hybridized carbons (Fsp3) is 0.500. The number of terminal acetylenes is 1. The van der Waals surface area contributed by atoms with Crippen LogP contribution in [-0.4, -0.2) is 11.5 Å². The summed E-state index contributed by atoms with van der Waals surface area (Å²) < 4.78 is 13.9. The number of halogens is 1. The van der Waals surface area contributed by atoms with E-state index in [9.17, 15) is 4.39 Å². The van der Waals surface area contributed by atoms with Crippen molar-refractivity contribution in [3.63, 3.8) is 0 Å². The molecule has 1 aromatic rings. The van der Waals surface area contributed by atoms with Crippen molar-refractivity contribution in [3.8, 4) is 12.3 Å². The number of rotatable bonds is 1. The Bertz CT molecular complexity index is 502. The van der Waals surface area contributed by atoms with Crippen LogP contribution in [0.2, 0.25) is 0 Å². The predicted octanol–water partition coefficient (Wildman–Crippen LogP) is 4.88. The maximum absolute atomic E-state index is 14.0. The third-order valence-electron chi connectivity index (χ3n) is 3.39. The Kier molecular flexibility index (Phi) is 4.23. The molecule has 0 aromatic heterocycles. The molecule has 0 nitrogen and oxygen atoms in total. The van der Waals surface area contributed by atoms with E-state index in [1.54, 1.807) is 12.1 Å². The normalized spacial score (nSPS) is 18.9. The lowest BCUT2D eigenvalue weighted by Crippen LogP contribution is -2.36. The number of hydrogen-bond acceptors (Lipinski definition) is 2. The van der Waals surface area contributed by atoms with E-state index in [1.165, 1.54) is 6.42 Å². The van der Waals surface area contributed by atoms with Crippen LogP contribution in [0.5, 0.6) is 0 Å². The Morgan fingerprint density at radius 3 is 2.37 bits per heavy atom. The van der Waals surface area contributed by atoms with Gasteiger partial charge in [0.05, 0.1) is 9.64 Å². The minimum absolute atomic E-state index is 0.0624. The van der Waals surface area contributed by atoms with Gasteiger partial charge < -0.3 is 0 Å². The second-order valence-electron chi connectivity index (χ2n) is 5.76. The number of hydrogen-bond donors (Lipinski definition) is 0. The number of thioether (sulfide) groups is 2. The first-order chi connectivity index (χ1) is 8.90. The molecular formula is C16H19FS2. The van der Waals surface area contributed by atoms with Crippen molar-refractivity contribution in [1.29, 1.82) is 0 Å². The summed E-state index contributed by atoms with van der Waals surface area (Å²) in [5.41, 5.74) is 1.46. The van der Waals surface area contributed by atoms with E-state index in [0.29, 0.717) is 5.56 Å². The molecule has 2 rings (SSSR count). The standard InChI is InChI=1S/C16H19FS2/c1-5-12-7-8-13(11-14(12)17)16(15(2,3)4)18-9-6-10-19-16/h1,7-8,11H,6,9-10H2,2-4H3. The predicted molar refractivity (Wildman–Crippen MR) is 85.0 cm³/mol. The highest BCUT2D eigenvalue weighted by Gasteiger charge is 2.46. The largest absolute Gasteiger partial charge is 0.206 e. The fourth-order valence-electron chi connectivity index (χ4n) is 2.40. The van der Waals surface area contributed by atoms with E-state index < -0.39 is 0 Å². The van der Waals surface area contributed by atoms with Crippen LogP contribution in [0.1, 0.15) is 38.3 Å². The lowest BCUT2D eigenvalue weighted by molar-refractivity contribution is 0.370. The van der Waals surface area contributed by atoms with Gasteiger partial charge in [0.1, 0.15) is 5.82 Å². The molecule has 1 aromatic carbocycles. The molecule has 0 atom stereocenters. The van der Waals surface area contributed by atoms with Crippen molar-refractivity contribution in [2.75, 3.05) is 11.5 Å². The molecule has 1 saturated heterocycles. The van der Waals surface area contributed by atoms with Gasteiger partial charge in [-0.3, -0.25) is 0 Å². The highest BCUT2D eigenvalue weighted by molar-refractivity contribution is 8.18. The number of benzene rings is 1. The molecule has 0 radical (unpaired) electrons. The molecule has 3 heteroatoms. The summed E-state index contributed by atoms with van der Waals surface area (Å²) in [6.45, 7) is 6.68. The fourth-order valence-corrected chi connectivity index (χ4v) is 6.02. The molecule has 0 spiro atoms. The van der Waals surface area contributed by atoms with Gasteiger partial charge >= 0.3 is 0 Å². The molecule has 0 saturated carbocycles. The van der Waals surface area contributed by atoms with E-state index in [0.717, 1.165) is 17.1 Å². The van der Waals surface area contributed by atoms with Gasteiger partial charge in [-0.2, -0.15) is 0 Å². The van der Waals surface area contributed by atoms with Crippen LogP contribution in [0.15, 0.2) is 18.2 Å². The summed E-state index contributed by atoms with van der Waals surface area (Å²) >= 11 is 3.87. The van der Waals surface area contributed by atoms with Crippen LogP contribution in [0.25, 0.3) is 0 Å². The maximum atomic E-state index is 14.0. The van der Waals surface area contributed by atoms with Crippen LogP contribution >= 0.6 is 23.5 Å². The van der Waals surface area contributed by atoms with E-state index >= 15 is 0 Å². The van der Waals surface area contributed by atoms with Gasteiger partial charge in [-0.05, 0) is 41.0 Å². The SMILES string of the molecule is C#Cc1ccc(C2(C(C)(C)C)SCCCS2)cc1F. The van der Waals surface area contributed by atoms with Crippen LogP contribution in [0.3, 0.4) is 0 Å². The lowest BCUT2D eigenvalue weighted by atomic mass is 9.86. The first-order valence-electron chi connectivity index (χ1n) is 6.45. The molecule has 0 amide bonds. The molecule has 102 valence electrons. The minimum Gasteiger partial charge on any atom is -0.206 e. The van der Waals surface area contributed by atoms with E-state index in [2.05, 4.69) is 26.7 Å². The van der Waals surface area contributed by atoms with Crippen molar-refractivity contribution in [2.24, 2.45) is 5.41 Å². The smallest absolute Gasteiger partial charge is 0.139 e. The van der Waals surface area contributed by atoms with Gasteiger partial charge in [-0.25, -0.2) is 4.39 Å². The molecular weight excluding hydrogens is 275 g/mol. The summed E-state index contributed by atoms with van der Waals surface area (Å²) in [6, 6.07) is 5.36. The first-order valence-corrected chi connectivity index (χ1v) is 8.42. The molecule has 0 aliphatic carbocycles. The van der Waals surface area contributed by atoms with Gasteiger partial charge in [0.2, 0.25) is 0 Å². The van der Waals surface area contributed by atoms with Gasteiger partial charge in [-0.1, -0.05) is 32.8 Å². The second-order valence-corrected chi connectivity index (χ2v) is 8.63. The lowest BCUT2D eigenvalue weighted by Gasteiger charge is -2.46. The highest BCUT2D eigenvalue weighted by Crippen LogP contribution is 2.60. The maximum Gasteiger partial charge on any atom is 0.139 e. The van der Waals surface area contributed by atoms with Crippen molar-refractivity contribution < 1.29 is 4.39 Å². The molecule has 0 unspecified atom stereocenters. The average molecular weight is 294 g/mol. The van der Waals surface area contributed by atoms with E-state index in [-0.39, 0.29) is 15.3 Å². The Morgan fingerprint density at radius 1 is 1.26 bits per heavy atom. The molecule has 0 bridgehead atoms. The Labute approximate surface area is 123 Å². The summed E-state index contributed by atoms with van der Waals surface area (Å²) in [4.78, 5) is 0. The Balaban J connectivity index is 2.51. The van der Waals surface area contributed by atoms with Crippen LogP contribution in [-0.2, 0) is 4.08 Å². The summed E-state index contributed by atoms with van der Waals surface area (Å²) in [5.74, 6) is 4.36. The van der Waals surface area contributed by atoms with Gasteiger partial charge in [0.15, 0.2) is 0 Å². The third kappa shape index (κ3) is 2.66. The summed E-state index contributed by atoms with van der Waals surface area (Å²) in [7, 11) is 0. The quantitative estimate of drug-likeness (QED) is 0.677. The van der Waals surface area contributed by atoms with Crippen molar-refractivity contribution in [2.45, 2.75) is 31.3 Å². The van der Waals surface area contributed by atoms with E-state index in [4.69, 9.17) is 6.42 Å². The highest BCUT2D eigenvalue weighted by atomic mass is 32.2. The monoisotopic (exact) mass is 294 g/mol. The molecule has 0 N–H and O–H groups in total. The molecule has 1 aliphatic rings. The second kappa shape index (κ2) is 5.42. The Morgan fingerprint density at radius 2 is 1.89 bits per heavy atom. The van der Waals surface area contributed by atoms with Crippen molar-refractivity contribution in [3.05, 3.63) is 35.1 Å². The average Bonchev–Trinajstić information content (AvgIpc) is 2.38. The zero-order valence-corrected chi connectivity index (χ0v) is 13.3. The van der Waals surface area contributed by atoms with Crippen LogP contribution < -0.4 is 0 Å². The zero-order valence-electron chi connectivity index (χ0n) is 11.6. The van der Waals surface area contributed by atoms with Gasteiger partial charge in [0.25, 0.3) is 0 Å². The molecule has 19 heavy (non-hydrogen) atoms. The third-order valence-corrected chi connectivity index (χ3v) is 7.59. The summed E-state index contributed by atoms with van der Waals surface area (Å²) in [5, 5.41) is 0. The Hall–Kier alpha value is -0.590. The van der Waals surface area contributed by atoms with Crippen molar-refractivity contribution in [1.82, 2.24) is 0 Å². The van der Waals surface area contributed by atoms with E-state index in [1.807, 2.05) is 29.6 Å². The zero-order chi connectivity index (χ0) is 14.1. The van der Waals surface area contributed by atoms with Crippen LogP contribution in [0.4, 0.5) is 4.39 Å². The topological polar surface area (TPSA) is 0 Å². The van der Waals surface area contributed by atoms with Crippen molar-refractivity contribution >= 4 is 23.5 Å². The minimum atomic E-state index is -0.282. The van der Waals surface area contributed by atoms with Crippen LogP contribution in [0, 0.1) is 23.6 Å². The molecule has 1 aliphatic heterocycles. The molecule has 1 heterocycles. The molecule has 1 fully saturated rings. The summed E-state index contributed by atoms with van der Waals surface area (Å²) in [6.07, 6.45) is 6.52. The first kappa shape index (κ1) is 14.8. The van der Waals surface area contributed by atoms with Gasteiger partial charge in [0, 0.05) is 0 Å². The van der Waals surface area contributed by atoms with Gasteiger partial charge in [-0.15, -0.1) is 29.9 Å².